The zero-order chi connectivity index (χ0) is 28.2. The minimum absolute atomic E-state index is 0.110. The molecule has 0 saturated carbocycles. The average molecular weight is 535 g/mol. The van der Waals surface area contributed by atoms with Crippen LogP contribution in [0.4, 0.5) is 0 Å². The third kappa shape index (κ3) is 8.40. The van der Waals surface area contributed by atoms with Crippen LogP contribution in [0, 0.1) is 0 Å². The second-order valence-corrected chi connectivity index (χ2v) is 10.5. The zero-order valence-corrected chi connectivity index (χ0v) is 24.5. The topological polar surface area (TPSA) is 67.7 Å². The summed E-state index contributed by atoms with van der Waals surface area (Å²) in [4.78, 5) is 36.4. The molecule has 1 amide bonds. The van der Waals surface area contributed by atoms with Crippen LogP contribution in [0.15, 0.2) is 53.3 Å². The summed E-state index contributed by atoms with van der Waals surface area (Å²) in [6, 6.07) is 14.5. The van der Waals surface area contributed by atoms with Crippen molar-refractivity contribution in [2.75, 3.05) is 33.8 Å². The maximum Gasteiger partial charge on any atom is 0.266 e. The summed E-state index contributed by atoms with van der Waals surface area (Å²) in [5.74, 6) is 1.42. The Morgan fingerprint density at radius 2 is 1.59 bits per heavy atom. The molecule has 39 heavy (non-hydrogen) atoms. The van der Waals surface area contributed by atoms with Crippen molar-refractivity contribution in [3.63, 3.8) is 0 Å². The van der Waals surface area contributed by atoms with E-state index in [4.69, 9.17) is 9.72 Å². The number of unbranched alkanes of at least 4 members (excludes halogenated alkanes) is 6. The number of rotatable bonds is 16. The van der Waals surface area contributed by atoms with Gasteiger partial charge in [0.2, 0.25) is 5.91 Å². The highest BCUT2D eigenvalue weighted by Crippen LogP contribution is 2.25. The number of para-hydroxylation sites is 1. The van der Waals surface area contributed by atoms with E-state index in [0.29, 0.717) is 42.0 Å². The highest BCUT2D eigenvalue weighted by Gasteiger charge is 2.26. The minimum Gasteiger partial charge on any atom is -0.494 e. The summed E-state index contributed by atoms with van der Waals surface area (Å²) in [6.07, 6.45) is 8.65. The molecule has 0 N–H and O–H groups in total. The van der Waals surface area contributed by atoms with Crippen LogP contribution in [0.2, 0.25) is 0 Å². The fraction of sp³-hybridized carbons (Fsp3) is 0.531. The van der Waals surface area contributed by atoms with Crippen molar-refractivity contribution in [3.8, 4) is 11.4 Å². The first kappa shape index (κ1) is 30.4. The highest BCUT2D eigenvalue weighted by atomic mass is 16.5. The molecule has 7 nitrogen and oxygen atoms in total. The van der Waals surface area contributed by atoms with Crippen LogP contribution in [0.1, 0.15) is 84.0 Å². The van der Waals surface area contributed by atoms with E-state index < -0.39 is 0 Å². The van der Waals surface area contributed by atoms with Crippen molar-refractivity contribution >= 4 is 16.8 Å². The zero-order valence-electron chi connectivity index (χ0n) is 24.5. The first-order valence-corrected chi connectivity index (χ1v) is 14.6. The Hall–Kier alpha value is -3.19. The third-order valence-electron chi connectivity index (χ3n) is 7.15. The highest BCUT2D eigenvalue weighted by molar-refractivity contribution is 5.79. The molecule has 1 aromatic heterocycles. The molecule has 1 atom stereocenters. The average Bonchev–Trinajstić information content (AvgIpc) is 2.93. The predicted octanol–water partition coefficient (Wildman–Crippen LogP) is 6.38. The van der Waals surface area contributed by atoms with E-state index in [1.54, 1.807) is 10.6 Å². The summed E-state index contributed by atoms with van der Waals surface area (Å²) in [7, 11) is 4.02. The van der Waals surface area contributed by atoms with Crippen molar-refractivity contribution in [2.45, 2.75) is 78.2 Å². The van der Waals surface area contributed by atoms with E-state index in [2.05, 4.69) is 11.8 Å². The van der Waals surface area contributed by atoms with Gasteiger partial charge in [-0.05, 0) is 70.8 Å². The maximum absolute atomic E-state index is 13.8. The molecule has 2 aromatic carbocycles. The lowest BCUT2D eigenvalue weighted by atomic mass is 10.1. The number of hydrogen-bond donors (Lipinski definition) is 0. The molecular weight excluding hydrogens is 488 g/mol. The standard InChI is InChI=1S/C32H46N4O3/c1-6-8-9-10-11-12-13-18-30(37)35(24-23-34(4)5)25(3)31-33-29-17-15-14-16-28(29)32(38)36(31)26-19-21-27(22-20-26)39-7-2/h14-17,19-22,25H,6-13,18,23-24H2,1-5H3. The number of hydrogen-bond acceptors (Lipinski definition) is 5. The second kappa shape index (κ2) is 15.4. The molecule has 0 spiro atoms. The van der Waals surface area contributed by atoms with Crippen LogP contribution in [0.5, 0.6) is 5.75 Å². The quantitative estimate of drug-likeness (QED) is 0.200. The maximum atomic E-state index is 13.8. The van der Waals surface area contributed by atoms with Gasteiger partial charge in [-0.3, -0.25) is 14.2 Å². The molecule has 3 rings (SSSR count). The Balaban J connectivity index is 1.94. The number of carbonyl (C=O) groups is 1. The molecule has 7 heteroatoms. The van der Waals surface area contributed by atoms with Gasteiger partial charge in [0, 0.05) is 19.5 Å². The predicted molar refractivity (Wildman–Crippen MR) is 160 cm³/mol. The van der Waals surface area contributed by atoms with E-state index >= 15 is 0 Å². The summed E-state index contributed by atoms with van der Waals surface area (Å²) in [5.41, 5.74) is 1.20. The number of benzene rings is 2. The summed E-state index contributed by atoms with van der Waals surface area (Å²) >= 11 is 0. The van der Waals surface area contributed by atoms with Gasteiger partial charge in [0.15, 0.2) is 0 Å². The van der Waals surface area contributed by atoms with Crippen molar-refractivity contribution in [1.29, 1.82) is 0 Å². The molecule has 0 aliphatic carbocycles. The van der Waals surface area contributed by atoms with Crippen LogP contribution in [0.25, 0.3) is 16.6 Å². The van der Waals surface area contributed by atoms with E-state index in [-0.39, 0.29) is 17.5 Å². The lowest BCUT2D eigenvalue weighted by Gasteiger charge is -2.31. The number of aromatic nitrogens is 2. The van der Waals surface area contributed by atoms with Crippen LogP contribution >= 0.6 is 0 Å². The molecule has 0 bridgehead atoms. The fourth-order valence-corrected chi connectivity index (χ4v) is 4.90. The minimum atomic E-state index is -0.383. The monoisotopic (exact) mass is 534 g/mol. The summed E-state index contributed by atoms with van der Waals surface area (Å²) in [6.45, 7) is 8.02. The van der Waals surface area contributed by atoms with Crippen molar-refractivity contribution in [2.24, 2.45) is 0 Å². The lowest BCUT2D eigenvalue weighted by Crippen LogP contribution is -2.40. The van der Waals surface area contributed by atoms with Crippen molar-refractivity contribution < 1.29 is 9.53 Å². The molecule has 1 heterocycles. The number of amides is 1. The lowest BCUT2D eigenvalue weighted by molar-refractivity contribution is -0.133. The summed E-state index contributed by atoms with van der Waals surface area (Å²) < 4.78 is 7.27. The number of fused-ring (bicyclic) bond motifs is 1. The van der Waals surface area contributed by atoms with Gasteiger partial charge in [0.1, 0.15) is 11.6 Å². The number of carbonyl (C=O) groups excluding carboxylic acids is 1. The first-order chi connectivity index (χ1) is 18.9. The molecule has 3 aromatic rings. The van der Waals surface area contributed by atoms with Gasteiger partial charge < -0.3 is 14.5 Å². The van der Waals surface area contributed by atoms with E-state index in [9.17, 15) is 9.59 Å². The molecule has 0 radical (unpaired) electrons. The number of nitrogens with zero attached hydrogens (tertiary/aromatic N) is 4. The van der Waals surface area contributed by atoms with Gasteiger partial charge in [-0.15, -0.1) is 0 Å². The van der Waals surface area contributed by atoms with Gasteiger partial charge in [-0.25, -0.2) is 4.98 Å². The largest absolute Gasteiger partial charge is 0.494 e. The smallest absolute Gasteiger partial charge is 0.266 e. The van der Waals surface area contributed by atoms with E-state index in [1.165, 1.54) is 32.1 Å². The SMILES string of the molecule is CCCCCCCCCC(=O)N(CCN(C)C)C(C)c1nc2ccccc2c(=O)n1-c1ccc(OCC)cc1. The number of likely N-dealkylation sites (N-methyl/N-ethyl adjacent to an activating group) is 1. The second-order valence-electron chi connectivity index (χ2n) is 10.5. The fourth-order valence-electron chi connectivity index (χ4n) is 4.90. The molecule has 0 saturated heterocycles. The Kier molecular flexibility index (Phi) is 12.0. The van der Waals surface area contributed by atoms with Gasteiger partial charge in [-0.2, -0.15) is 0 Å². The van der Waals surface area contributed by atoms with Crippen molar-refractivity contribution in [3.05, 3.63) is 64.7 Å². The van der Waals surface area contributed by atoms with Crippen molar-refractivity contribution in [1.82, 2.24) is 19.4 Å². The van der Waals surface area contributed by atoms with Gasteiger partial charge in [0.25, 0.3) is 5.56 Å². The molecule has 0 aliphatic rings. The Labute approximate surface area is 233 Å². The number of ether oxygens (including phenoxy) is 1. The molecule has 0 fully saturated rings. The van der Waals surface area contributed by atoms with Crippen LogP contribution < -0.4 is 10.3 Å². The van der Waals surface area contributed by atoms with Gasteiger partial charge in [0.05, 0.1) is 29.2 Å². The summed E-state index contributed by atoms with van der Waals surface area (Å²) in [5, 5.41) is 0.552. The van der Waals surface area contributed by atoms with E-state index in [1.807, 2.05) is 75.3 Å². The first-order valence-electron chi connectivity index (χ1n) is 14.6. The van der Waals surface area contributed by atoms with Crippen LogP contribution in [0.3, 0.4) is 0 Å². The van der Waals surface area contributed by atoms with Crippen LogP contribution in [-0.2, 0) is 4.79 Å². The molecule has 0 aliphatic heterocycles. The van der Waals surface area contributed by atoms with Gasteiger partial charge in [-0.1, -0.05) is 57.6 Å². The van der Waals surface area contributed by atoms with Gasteiger partial charge >= 0.3 is 0 Å². The Bertz CT molecular complexity index is 1240. The molecule has 1 unspecified atom stereocenters. The van der Waals surface area contributed by atoms with Crippen LogP contribution in [-0.4, -0.2) is 59.0 Å². The molecular formula is C32H46N4O3. The normalized spacial score (nSPS) is 12.2. The third-order valence-corrected chi connectivity index (χ3v) is 7.15. The Morgan fingerprint density at radius 1 is 0.923 bits per heavy atom. The Morgan fingerprint density at radius 3 is 2.26 bits per heavy atom. The molecule has 212 valence electrons. The van der Waals surface area contributed by atoms with E-state index in [0.717, 1.165) is 25.1 Å².